The van der Waals surface area contributed by atoms with Gasteiger partial charge >= 0.3 is 0 Å². The average Bonchev–Trinajstić information content (AvgIpc) is 2.62. The van der Waals surface area contributed by atoms with Crippen LogP contribution in [0.15, 0.2) is 47.3 Å². The fourth-order valence-corrected chi connectivity index (χ4v) is 2.39. The normalized spacial score (nSPS) is 10.8. The third-order valence-electron chi connectivity index (χ3n) is 3.59. The van der Waals surface area contributed by atoms with Gasteiger partial charge in [0.1, 0.15) is 12.4 Å². The first-order valence-electron chi connectivity index (χ1n) is 7.52. The number of hydrogen-bond donors (Lipinski definition) is 1. The number of benzene rings is 2. The SMILES string of the molecule is COCCOc1ccc(-c2nc3ccccc3c(=O)[nH]2)cc1OC. The number of aromatic amines is 1. The minimum absolute atomic E-state index is 0.171. The van der Waals surface area contributed by atoms with Gasteiger partial charge in [-0.3, -0.25) is 4.79 Å². The van der Waals surface area contributed by atoms with E-state index in [4.69, 9.17) is 14.2 Å². The molecule has 24 heavy (non-hydrogen) atoms. The number of H-pyrrole nitrogens is 1. The first kappa shape index (κ1) is 16.0. The molecule has 0 spiro atoms. The molecule has 0 fully saturated rings. The quantitative estimate of drug-likeness (QED) is 0.705. The lowest BCUT2D eigenvalue weighted by Gasteiger charge is -2.12. The van der Waals surface area contributed by atoms with Crippen molar-refractivity contribution in [3.63, 3.8) is 0 Å². The molecule has 6 heteroatoms. The van der Waals surface area contributed by atoms with Crippen molar-refractivity contribution in [2.24, 2.45) is 0 Å². The molecule has 3 aromatic rings. The van der Waals surface area contributed by atoms with Crippen molar-refractivity contribution in [2.75, 3.05) is 27.4 Å². The van der Waals surface area contributed by atoms with Crippen molar-refractivity contribution in [1.82, 2.24) is 9.97 Å². The van der Waals surface area contributed by atoms with Gasteiger partial charge in [0, 0.05) is 12.7 Å². The molecule has 1 heterocycles. The molecule has 3 rings (SSSR count). The van der Waals surface area contributed by atoms with E-state index in [-0.39, 0.29) is 5.56 Å². The van der Waals surface area contributed by atoms with E-state index in [9.17, 15) is 4.79 Å². The van der Waals surface area contributed by atoms with E-state index in [0.717, 1.165) is 5.56 Å². The van der Waals surface area contributed by atoms with E-state index in [1.807, 2.05) is 24.3 Å². The topological polar surface area (TPSA) is 73.4 Å². The van der Waals surface area contributed by atoms with Crippen LogP contribution in [-0.4, -0.2) is 37.4 Å². The van der Waals surface area contributed by atoms with Gasteiger partial charge in [-0.2, -0.15) is 0 Å². The van der Waals surface area contributed by atoms with E-state index < -0.39 is 0 Å². The highest BCUT2D eigenvalue weighted by Gasteiger charge is 2.10. The highest BCUT2D eigenvalue weighted by atomic mass is 16.5. The minimum atomic E-state index is -0.171. The van der Waals surface area contributed by atoms with Crippen LogP contribution < -0.4 is 15.0 Å². The van der Waals surface area contributed by atoms with Gasteiger partial charge < -0.3 is 19.2 Å². The molecule has 0 aliphatic rings. The number of nitrogens with one attached hydrogen (secondary N) is 1. The zero-order chi connectivity index (χ0) is 16.9. The second-order valence-electron chi connectivity index (χ2n) is 5.14. The number of rotatable bonds is 6. The Morgan fingerprint density at radius 2 is 1.88 bits per heavy atom. The predicted octanol–water partition coefficient (Wildman–Crippen LogP) is 2.62. The molecule has 1 aromatic heterocycles. The Morgan fingerprint density at radius 1 is 1.04 bits per heavy atom. The molecular weight excluding hydrogens is 308 g/mol. The van der Waals surface area contributed by atoms with Crippen molar-refractivity contribution < 1.29 is 14.2 Å². The van der Waals surface area contributed by atoms with Crippen molar-refractivity contribution in [3.8, 4) is 22.9 Å². The summed E-state index contributed by atoms with van der Waals surface area (Å²) in [7, 11) is 3.18. The van der Waals surface area contributed by atoms with Crippen LogP contribution in [0.1, 0.15) is 0 Å². The van der Waals surface area contributed by atoms with Crippen LogP contribution in [0, 0.1) is 0 Å². The average molecular weight is 326 g/mol. The number of hydrogen-bond acceptors (Lipinski definition) is 5. The van der Waals surface area contributed by atoms with Gasteiger partial charge in [0.2, 0.25) is 0 Å². The summed E-state index contributed by atoms with van der Waals surface area (Å²) in [6.07, 6.45) is 0. The second kappa shape index (κ2) is 7.14. The Kier molecular flexibility index (Phi) is 4.77. The van der Waals surface area contributed by atoms with Crippen LogP contribution in [0.4, 0.5) is 0 Å². The van der Waals surface area contributed by atoms with E-state index >= 15 is 0 Å². The predicted molar refractivity (Wildman–Crippen MR) is 91.7 cm³/mol. The third kappa shape index (κ3) is 3.23. The second-order valence-corrected chi connectivity index (χ2v) is 5.14. The maximum Gasteiger partial charge on any atom is 0.259 e. The summed E-state index contributed by atoms with van der Waals surface area (Å²) >= 11 is 0. The van der Waals surface area contributed by atoms with Crippen molar-refractivity contribution >= 4 is 10.9 Å². The number of nitrogens with zero attached hydrogens (tertiary/aromatic N) is 1. The van der Waals surface area contributed by atoms with Gasteiger partial charge in [-0.25, -0.2) is 4.98 Å². The minimum Gasteiger partial charge on any atom is -0.493 e. The molecule has 0 saturated carbocycles. The molecule has 0 aliphatic carbocycles. The van der Waals surface area contributed by atoms with Crippen LogP contribution in [0.25, 0.3) is 22.3 Å². The zero-order valence-corrected chi connectivity index (χ0v) is 13.5. The summed E-state index contributed by atoms with van der Waals surface area (Å²) < 4.78 is 15.9. The maximum absolute atomic E-state index is 12.2. The molecule has 2 aromatic carbocycles. The van der Waals surface area contributed by atoms with Crippen LogP contribution in [0.2, 0.25) is 0 Å². The lowest BCUT2D eigenvalue weighted by molar-refractivity contribution is 0.144. The Balaban J connectivity index is 1.99. The lowest BCUT2D eigenvalue weighted by Crippen LogP contribution is -2.09. The van der Waals surface area contributed by atoms with Gasteiger partial charge in [-0.1, -0.05) is 12.1 Å². The number of ether oxygens (including phenoxy) is 3. The van der Waals surface area contributed by atoms with E-state index in [1.54, 1.807) is 32.4 Å². The molecule has 0 atom stereocenters. The molecule has 0 unspecified atom stereocenters. The summed E-state index contributed by atoms with van der Waals surface area (Å²) in [5.41, 5.74) is 1.22. The zero-order valence-electron chi connectivity index (χ0n) is 13.5. The number of fused-ring (bicyclic) bond motifs is 1. The molecular formula is C18H18N2O4. The summed E-state index contributed by atoms with van der Waals surface area (Å²) in [6, 6.07) is 12.6. The smallest absolute Gasteiger partial charge is 0.259 e. The molecule has 124 valence electrons. The van der Waals surface area contributed by atoms with Crippen LogP contribution >= 0.6 is 0 Å². The molecule has 0 radical (unpaired) electrons. The summed E-state index contributed by atoms with van der Waals surface area (Å²) in [6.45, 7) is 0.918. The van der Waals surface area contributed by atoms with Crippen molar-refractivity contribution in [2.45, 2.75) is 0 Å². The monoisotopic (exact) mass is 326 g/mol. The molecule has 1 N–H and O–H groups in total. The molecule has 0 aliphatic heterocycles. The van der Waals surface area contributed by atoms with E-state index in [1.165, 1.54) is 0 Å². The van der Waals surface area contributed by atoms with E-state index in [2.05, 4.69) is 9.97 Å². The first-order chi connectivity index (χ1) is 11.7. The Hall–Kier alpha value is -2.86. The van der Waals surface area contributed by atoms with Gasteiger partial charge in [-0.15, -0.1) is 0 Å². The van der Waals surface area contributed by atoms with E-state index in [0.29, 0.717) is 41.4 Å². The highest BCUT2D eigenvalue weighted by molar-refractivity contribution is 5.79. The first-order valence-corrected chi connectivity index (χ1v) is 7.52. The molecule has 0 bridgehead atoms. The Morgan fingerprint density at radius 3 is 2.67 bits per heavy atom. The van der Waals surface area contributed by atoms with Crippen LogP contribution in [0.3, 0.4) is 0 Å². The fourth-order valence-electron chi connectivity index (χ4n) is 2.39. The number of methoxy groups -OCH3 is 2. The van der Waals surface area contributed by atoms with Gasteiger partial charge in [0.15, 0.2) is 11.5 Å². The van der Waals surface area contributed by atoms with Crippen molar-refractivity contribution in [1.29, 1.82) is 0 Å². The number of para-hydroxylation sites is 1. The van der Waals surface area contributed by atoms with Crippen LogP contribution in [-0.2, 0) is 4.74 Å². The third-order valence-corrected chi connectivity index (χ3v) is 3.59. The maximum atomic E-state index is 12.2. The summed E-state index contributed by atoms with van der Waals surface area (Å²) in [5, 5.41) is 0.563. The van der Waals surface area contributed by atoms with Crippen molar-refractivity contribution in [3.05, 3.63) is 52.8 Å². The highest BCUT2D eigenvalue weighted by Crippen LogP contribution is 2.31. The van der Waals surface area contributed by atoms with Gasteiger partial charge in [0.25, 0.3) is 5.56 Å². The Labute approximate surface area is 139 Å². The molecule has 6 nitrogen and oxygen atoms in total. The van der Waals surface area contributed by atoms with Gasteiger partial charge in [0.05, 0.1) is 24.6 Å². The summed E-state index contributed by atoms with van der Waals surface area (Å²) in [4.78, 5) is 19.5. The molecule has 0 saturated heterocycles. The Bertz CT molecular complexity index is 905. The lowest BCUT2D eigenvalue weighted by atomic mass is 10.1. The standard InChI is InChI=1S/C18H18N2O4/c1-22-9-10-24-15-8-7-12(11-16(15)23-2)17-19-14-6-4-3-5-13(14)18(21)20-17/h3-8,11H,9-10H2,1-2H3,(H,19,20,21). The van der Waals surface area contributed by atoms with Crippen LogP contribution in [0.5, 0.6) is 11.5 Å². The van der Waals surface area contributed by atoms with Gasteiger partial charge in [-0.05, 0) is 30.3 Å². The summed E-state index contributed by atoms with van der Waals surface area (Å²) in [5.74, 6) is 1.67. The number of aromatic nitrogens is 2. The largest absolute Gasteiger partial charge is 0.493 e. The fraction of sp³-hybridized carbons (Fsp3) is 0.222. The molecule has 0 amide bonds.